The van der Waals surface area contributed by atoms with Gasteiger partial charge in [-0.1, -0.05) is 79.6 Å². The minimum absolute atomic E-state index is 0.123. The van der Waals surface area contributed by atoms with E-state index in [1.807, 2.05) is 55.6 Å². The summed E-state index contributed by atoms with van der Waals surface area (Å²) in [5.41, 5.74) is 7.14. The van der Waals surface area contributed by atoms with Gasteiger partial charge >= 0.3 is 0 Å². The van der Waals surface area contributed by atoms with Crippen molar-refractivity contribution in [1.82, 2.24) is 0 Å². The Morgan fingerprint density at radius 1 is 1.12 bits per heavy atom. The number of carbonyl (C=O) groups excluding carboxylic acids is 1. The number of nitrogens with one attached hydrogen (secondary N) is 1. The highest BCUT2D eigenvalue weighted by atomic mass is 16.1. The van der Waals surface area contributed by atoms with E-state index >= 15 is 0 Å². The number of allylic oxidation sites excluding steroid dienone is 10. The fourth-order valence-corrected chi connectivity index (χ4v) is 4.50. The van der Waals surface area contributed by atoms with Crippen molar-refractivity contribution in [2.24, 2.45) is 16.3 Å². The van der Waals surface area contributed by atoms with E-state index in [1.54, 1.807) is 6.08 Å². The Kier molecular flexibility index (Phi) is 8.21. The van der Waals surface area contributed by atoms with Gasteiger partial charge in [-0.2, -0.15) is 0 Å². The third-order valence-corrected chi connectivity index (χ3v) is 6.40. The molecular formula is C30H36N2O. The van der Waals surface area contributed by atoms with Crippen LogP contribution in [0, 0.1) is 11.3 Å². The third-order valence-electron chi connectivity index (χ3n) is 6.40. The second-order valence-electron chi connectivity index (χ2n) is 9.59. The zero-order chi connectivity index (χ0) is 23.8. The highest BCUT2D eigenvalue weighted by Gasteiger charge is 2.33. The van der Waals surface area contributed by atoms with Crippen LogP contribution in [0.2, 0.25) is 0 Å². The zero-order valence-electron chi connectivity index (χ0n) is 20.6. The van der Waals surface area contributed by atoms with Gasteiger partial charge in [-0.05, 0) is 62.3 Å². The molecule has 0 spiro atoms. The Balaban J connectivity index is 1.65. The molecule has 3 nitrogen and oxygen atoms in total. The largest absolute Gasteiger partial charge is 0.323 e. The zero-order valence-corrected chi connectivity index (χ0v) is 20.6. The van der Waals surface area contributed by atoms with Gasteiger partial charge in [0, 0.05) is 36.0 Å². The smallest absolute Gasteiger partial charge is 0.248 e. The normalized spacial score (nSPS) is 21.2. The number of carbonyl (C=O) groups is 1. The first-order valence-corrected chi connectivity index (χ1v) is 11.8. The maximum atomic E-state index is 12.1. The predicted molar refractivity (Wildman–Crippen MR) is 141 cm³/mol. The van der Waals surface area contributed by atoms with E-state index in [9.17, 15) is 4.79 Å². The van der Waals surface area contributed by atoms with Crippen molar-refractivity contribution in [3.05, 3.63) is 101 Å². The summed E-state index contributed by atoms with van der Waals surface area (Å²) >= 11 is 0. The summed E-state index contributed by atoms with van der Waals surface area (Å²) < 4.78 is 0. The number of hydrogen-bond acceptors (Lipinski definition) is 2. The minimum Gasteiger partial charge on any atom is -0.323 e. The molecule has 3 heteroatoms. The predicted octanol–water partition coefficient (Wildman–Crippen LogP) is 7.74. The van der Waals surface area contributed by atoms with Crippen LogP contribution in [0.25, 0.3) is 0 Å². The van der Waals surface area contributed by atoms with Gasteiger partial charge in [0.1, 0.15) is 0 Å². The van der Waals surface area contributed by atoms with Gasteiger partial charge < -0.3 is 5.32 Å². The Labute approximate surface area is 199 Å². The third kappa shape index (κ3) is 6.89. The van der Waals surface area contributed by atoms with Gasteiger partial charge in [-0.15, -0.1) is 0 Å². The number of amides is 1. The number of para-hydroxylation sites is 1. The molecule has 1 N–H and O–H groups in total. The average Bonchev–Trinajstić information content (AvgIpc) is 3.28. The molecule has 3 rings (SSSR count). The van der Waals surface area contributed by atoms with Gasteiger partial charge in [0.05, 0.1) is 0 Å². The summed E-state index contributed by atoms with van der Waals surface area (Å²) in [4.78, 5) is 16.8. The standard InChI is InChI=1S/C30H36N2O/c1-22(11-9-12-23(2)21-29(33)32-25-13-7-6-8-14-25)16-17-27-24(3)26(18-19-30(27,4)5)28-15-10-20-31-28/h6-9,11-17,20-21,26H,10,18-19H2,1-5H3,(H,32,33)/b12-9+,17-16+,22-11+,23-21-. The Hall–Kier alpha value is -3.20. The summed E-state index contributed by atoms with van der Waals surface area (Å²) in [5, 5.41) is 2.87. The van der Waals surface area contributed by atoms with Gasteiger partial charge in [-0.25, -0.2) is 0 Å². The van der Waals surface area contributed by atoms with Gasteiger partial charge in [0.25, 0.3) is 0 Å². The number of rotatable bonds is 7. The van der Waals surface area contributed by atoms with E-state index in [2.05, 4.69) is 62.3 Å². The van der Waals surface area contributed by atoms with Crippen LogP contribution < -0.4 is 5.32 Å². The Bertz CT molecular complexity index is 1080. The first-order valence-electron chi connectivity index (χ1n) is 11.8. The SMILES string of the molecule is CC1=C(/C=C/C(C)=C/C=C/C(C)=C\C(=O)Nc2ccccc2)C(C)(C)CCC1C1=CCC=N1. The topological polar surface area (TPSA) is 41.5 Å². The first-order chi connectivity index (χ1) is 15.8. The average molecular weight is 441 g/mol. The van der Waals surface area contributed by atoms with Crippen LogP contribution in [0.3, 0.4) is 0 Å². The number of aliphatic imine (C=N–C) groups is 1. The lowest BCUT2D eigenvalue weighted by molar-refractivity contribution is -0.111. The molecular weight excluding hydrogens is 404 g/mol. The number of anilines is 1. The summed E-state index contributed by atoms with van der Waals surface area (Å²) in [6.45, 7) is 11.0. The van der Waals surface area contributed by atoms with Crippen LogP contribution in [-0.4, -0.2) is 12.1 Å². The van der Waals surface area contributed by atoms with E-state index in [-0.39, 0.29) is 11.3 Å². The molecule has 0 bridgehead atoms. The monoisotopic (exact) mass is 440 g/mol. The van der Waals surface area contributed by atoms with E-state index in [0.717, 1.165) is 17.7 Å². The summed E-state index contributed by atoms with van der Waals surface area (Å²) in [7, 11) is 0. The van der Waals surface area contributed by atoms with Crippen LogP contribution in [-0.2, 0) is 4.79 Å². The molecule has 1 unspecified atom stereocenters. The maximum absolute atomic E-state index is 12.1. The quantitative estimate of drug-likeness (QED) is 0.342. The lowest BCUT2D eigenvalue weighted by Crippen LogP contribution is -2.25. The lowest BCUT2D eigenvalue weighted by atomic mass is 9.68. The molecule has 0 fully saturated rings. The summed E-state index contributed by atoms with van der Waals surface area (Å²) in [6, 6.07) is 9.48. The van der Waals surface area contributed by atoms with Crippen LogP contribution in [0.15, 0.2) is 106 Å². The molecule has 1 aliphatic carbocycles. The van der Waals surface area contributed by atoms with E-state index < -0.39 is 0 Å². The van der Waals surface area contributed by atoms with Crippen molar-refractivity contribution >= 4 is 17.8 Å². The van der Waals surface area contributed by atoms with Gasteiger partial charge in [0.2, 0.25) is 5.91 Å². The molecule has 1 atom stereocenters. The molecule has 1 aliphatic heterocycles. The Morgan fingerprint density at radius 2 is 1.88 bits per heavy atom. The van der Waals surface area contributed by atoms with Crippen LogP contribution in [0.5, 0.6) is 0 Å². The van der Waals surface area contributed by atoms with E-state index in [1.165, 1.54) is 35.3 Å². The van der Waals surface area contributed by atoms with Crippen molar-refractivity contribution in [3.8, 4) is 0 Å². The number of benzene rings is 1. The van der Waals surface area contributed by atoms with Crippen LogP contribution in [0.1, 0.15) is 53.9 Å². The fraction of sp³-hybridized carbons (Fsp3) is 0.333. The molecule has 33 heavy (non-hydrogen) atoms. The molecule has 0 radical (unpaired) electrons. The van der Waals surface area contributed by atoms with Crippen molar-refractivity contribution in [2.45, 2.75) is 53.9 Å². The molecule has 2 aliphatic rings. The van der Waals surface area contributed by atoms with Crippen molar-refractivity contribution < 1.29 is 4.79 Å². The molecule has 0 saturated heterocycles. The van der Waals surface area contributed by atoms with Crippen molar-refractivity contribution in [3.63, 3.8) is 0 Å². The van der Waals surface area contributed by atoms with E-state index in [4.69, 9.17) is 0 Å². The highest BCUT2D eigenvalue weighted by molar-refractivity contribution is 5.99. The molecule has 172 valence electrons. The first kappa shape index (κ1) is 24.4. The number of hydrogen-bond donors (Lipinski definition) is 1. The van der Waals surface area contributed by atoms with Gasteiger partial charge in [0.15, 0.2) is 0 Å². The minimum atomic E-state index is -0.123. The molecule has 0 saturated carbocycles. The van der Waals surface area contributed by atoms with Crippen LogP contribution >= 0.6 is 0 Å². The van der Waals surface area contributed by atoms with E-state index in [0.29, 0.717) is 5.92 Å². The highest BCUT2D eigenvalue weighted by Crippen LogP contribution is 2.46. The molecule has 1 heterocycles. The van der Waals surface area contributed by atoms with Crippen molar-refractivity contribution in [1.29, 1.82) is 0 Å². The summed E-state index contributed by atoms with van der Waals surface area (Å²) in [6.07, 6.45) is 19.7. The molecule has 1 amide bonds. The fourth-order valence-electron chi connectivity index (χ4n) is 4.50. The maximum Gasteiger partial charge on any atom is 0.248 e. The molecule has 1 aromatic rings. The molecule has 1 aromatic carbocycles. The Morgan fingerprint density at radius 3 is 2.58 bits per heavy atom. The number of nitrogens with zero attached hydrogens (tertiary/aromatic N) is 1. The lowest BCUT2D eigenvalue weighted by Gasteiger charge is -2.37. The molecule has 0 aromatic heterocycles. The second kappa shape index (κ2) is 11.1. The van der Waals surface area contributed by atoms with Crippen LogP contribution in [0.4, 0.5) is 5.69 Å². The second-order valence-corrected chi connectivity index (χ2v) is 9.59. The summed E-state index contributed by atoms with van der Waals surface area (Å²) in [5.74, 6) is 0.317. The van der Waals surface area contributed by atoms with Gasteiger partial charge in [-0.3, -0.25) is 9.79 Å². The van der Waals surface area contributed by atoms with Crippen molar-refractivity contribution in [2.75, 3.05) is 5.32 Å².